The lowest BCUT2D eigenvalue weighted by Gasteiger charge is -2.18. The summed E-state index contributed by atoms with van der Waals surface area (Å²) >= 11 is 0. The molecule has 6 heteroatoms. The molecular formula is C20H20N4O2. The van der Waals surface area contributed by atoms with Crippen LogP contribution >= 0.6 is 0 Å². The van der Waals surface area contributed by atoms with Crippen LogP contribution in [0.4, 0.5) is 5.82 Å². The normalized spacial score (nSPS) is 14.5. The molecule has 2 aromatic heterocycles. The number of pyridine rings is 1. The van der Waals surface area contributed by atoms with Crippen LogP contribution in [0.3, 0.4) is 0 Å². The minimum atomic E-state index is 0.254. The van der Waals surface area contributed by atoms with Crippen LogP contribution in [0.2, 0.25) is 0 Å². The lowest BCUT2D eigenvalue weighted by Crippen LogP contribution is -2.06. The van der Waals surface area contributed by atoms with E-state index in [1.54, 1.807) is 6.07 Å². The summed E-state index contributed by atoms with van der Waals surface area (Å²) in [5, 5.41) is 10.2. The van der Waals surface area contributed by atoms with Gasteiger partial charge >= 0.3 is 0 Å². The van der Waals surface area contributed by atoms with E-state index in [2.05, 4.69) is 9.97 Å². The van der Waals surface area contributed by atoms with Crippen molar-refractivity contribution in [1.29, 1.82) is 0 Å². The van der Waals surface area contributed by atoms with Crippen molar-refractivity contribution in [2.75, 3.05) is 18.9 Å². The van der Waals surface area contributed by atoms with Gasteiger partial charge in [-0.25, -0.2) is 15.0 Å². The monoisotopic (exact) mass is 348 g/mol. The molecule has 0 fully saturated rings. The number of nitrogens with zero attached hydrogens (tertiary/aromatic N) is 3. The predicted octanol–water partition coefficient (Wildman–Crippen LogP) is 3.40. The first kappa shape index (κ1) is 16.5. The predicted molar refractivity (Wildman–Crippen MR) is 102 cm³/mol. The molecule has 0 bridgehead atoms. The number of aromatic nitrogens is 3. The van der Waals surface area contributed by atoms with E-state index in [0.717, 1.165) is 39.9 Å². The maximum Gasteiger partial charge on any atom is 0.153 e. The summed E-state index contributed by atoms with van der Waals surface area (Å²) in [5.41, 5.74) is 13.0. The number of phenols is 1. The number of hydrogen-bond acceptors (Lipinski definition) is 6. The number of benzene rings is 1. The summed E-state index contributed by atoms with van der Waals surface area (Å²) in [5.74, 6) is 0.602. The zero-order valence-electron chi connectivity index (χ0n) is 14.8. The van der Waals surface area contributed by atoms with Crippen LogP contribution in [0.1, 0.15) is 23.2 Å². The first-order valence-electron chi connectivity index (χ1n) is 8.54. The van der Waals surface area contributed by atoms with E-state index < -0.39 is 0 Å². The summed E-state index contributed by atoms with van der Waals surface area (Å²) in [4.78, 5) is 13.3. The van der Waals surface area contributed by atoms with Gasteiger partial charge in [-0.05, 0) is 54.7 Å². The topological polar surface area (TPSA) is 94.2 Å². The van der Waals surface area contributed by atoms with Gasteiger partial charge in [-0.15, -0.1) is 0 Å². The van der Waals surface area contributed by atoms with Crippen LogP contribution < -0.4 is 5.73 Å². The van der Waals surface area contributed by atoms with Crippen LogP contribution in [0.25, 0.3) is 27.7 Å². The van der Waals surface area contributed by atoms with Crippen molar-refractivity contribution in [2.24, 2.45) is 0 Å². The molecule has 1 aliphatic rings. The third-order valence-corrected chi connectivity index (χ3v) is 4.83. The third kappa shape index (κ3) is 2.68. The molecule has 0 atom stereocenters. The molecule has 1 aliphatic heterocycles. The molecular weight excluding hydrogens is 328 g/mol. The largest absolute Gasteiger partial charge is 0.508 e. The average Bonchev–Trinajstić information content (AvgIpc) is 2.66. The van der Waals surface area contributed by atoms with Gasteiger partial charge in [0.05, 0.1) is 18.9 Å². The first-order chi connectivity index (χ1) is 12.6. The molecule has 26 heavy (non-hydrogen) atoms. The second kappa shape index (κ2) is 6.38. The molecule has 4 rings (SSSR count). The van der Waals surface area contributed by atoms with Gasteiger partial charge in [0.1, 0.15) is 23.1 Å². The molecule has 0 saturated carbocycles. The Labute approximate surface area is 151 Å². The Kier molecular flexibility index (Phi) is 4.05. The molecule has 0 aliphatic carbocycles. The fourth-order valence-corrected chi connectivity index (χ4v) is 3.42. The zero-order chi connectivity index (χ0) is 18.3. The van der Waals surface area contributed by atoms with Crippen molar-refractivity contribution in [3.05, 3.63) is 47.4 Å². The molecule has 0 amide bonds. The Morgan fingerprint density at radius 3 is 2.77 bits per heavy atom. The van der Waals surface area contributed by atoms with Crippen molar-refractivity contribution in [3.8, 4) is 16.9 Å². The maximum absolute atomic E-state index is 10.2. The Hall–Kier alpha value is -2.99. The van der Waals surface area contributed by atoms with E-state index in [4.69, 9.17) is 15.5 Å². The number of anilines is 1. The second-order valence-corrected chi connectivity index (χ2v) is 6.47. The van der Waals surface area contributed by atoms with Gasteiger partial charge in [-0.2, -0.15) is 0 Å². The van der Waals surface area contributed by atoms with E-state index in [9.17, 15) is 5.11 Å². The highest BCUT2D eigenvalue weighted by atomic mass is 16.5. The van der Waals surface area contributed by atoms with Crippen LogP contribution in [-0.2, 0) is 4.74 Å². The van der Waals surface area contributed by atoms with Crippen molar-refractivity contribution < 1.29 is 9.84 Å². The minimum absolute atomic E-state index is 0.254. The molecule has 6 nitrogen and oxygen atoms in total. The van der Waals surface area contributed by atoms with Gasteiger partial charge in [0, 0.05) is 5.56 Å². The summed E-state index contributed by atoms with van der Waals surface area (Å²) in [6, 6.07) is 5.64. The van der Waals surface area contributed by atoms with Gasteiger partial charge in [-0.3, -0.25) is 0 Å². The molecule has 0 radical (unpaired) electrons. The minimum Gasteiger partial charge on any atom is -0.508 e. The summed E-state index contributed by atoms with van der Waals surface area (Å²) in [6.45, 7) is 5.18. The highest BCUT2D eigenvalue weighted by Gasteiger charge is 2.19. The molecule has 3 heterocycles. The molecule has 3 aromatic rings. The summed E-state index contributed by atoms with van der Waals surface area (Å²) in [6.07, 6.45) is 4.29. The molecule has 0 spiro atoms. The lowest BCUT2D eigenvalue weighted by molar-refractivity contribution is 0.161. The Morgan fingerprint density at radius 1 is 1.15 bits per heavy atom. The molecule has 0 saturated heterocycles. The van der Waals surface area contributed by atoms with Crippen LogP contribution in [0, 0.1) is 13.8 Å². The highest BCUT2D eigenvalue weighted by molar-refractivity contribution is 5.98. The van der Waals surface area contributed by atoms with E-state index in [-0.39, 0.29) is 5.75 Å². The molecule has 132 valence electrons. The van der Waals surface area contributed by atoms with Crippen LogP contribution in [0.15, 0.2) is 30.6 Å². The average molecular weight is 348 g/mol. The quantitative estimate of drug-likeness (QED) is 0.737. The van der Waals surface area contributed by atoms with Crippen molar-refractivity contribution >= 4 is 22.4 Å². The Morgan fingerprint density at radius 2 is 2.00 bits per heavy atom. The summed E-state index contributed by atoms with van der Waals surface area (Å²) in [7, 11) is 0. The number of rotatable bonds is 2. The number of phenolic OH excluding ortho intramolecular Hbond substituents is 1. The zero-order valence-corrected chi connectivity index (χ0v) is 14.8. The SMILES string of the molecule is Cc1ccc(O)c(C)c1-c1cc(C2=CCOCC2)nc2c(N)ncnc12. The van der Waals surface area contributed by atoms with E-state index in [1.165, 1.54) is 6.33 Å². The highest BCUT2D eigenvalue weighted by Crippen LogP contribution is 2.38. The van der Waals surface area contributed by atoms with Crippen molar-refractivity contribution in [3.63, 3.8) is 0 Å². The smallest absolute Gasteiger partial charge is 0.153 e. The number of nitrogen functional groups attached to an aromatic ring is 1. The number of ether oxygens (including phenoxy) is 1. The summed E-state index contributed by atoms with van der Waals surface area (Å²) < 4.78 is 5.41. The number of nitrogens with two attached hydrogens (primary N) is 1. The van der Waals surface area contributed by atoms with Crippen molar-refractivity contribution in [1.82, 2.24) is 15.0 Å². The molecule has 3 N–H and O–H groups in total. The molecule has 1 aromatic carbocycles. The number of aromatic hydroxyl groups is 1. The fraction of sp³-hybridized carbons (Fsp3) is 0.250. The number of hydrogen-bond donors (Lipinski definition) is 2. The van der Waals surface area contributed by atoms with Crippen LogP contribution in [0.5, 0.6) is 5.75 Å². The first-order valence-corrected chi connectivity index (χ1v) is 8.54. The van der Waals surface area contributed by atoms with E-state index in [1.807, 2.05) is 32.1 Å². The van der Waals surface area contributed by atoms with Gasteiger partial charge in [-0.1, -0.05) is 12.1 Å². The number of aryl methyl sites for hydroxylation is 1. The lowest BCUT2D eigenvalue weighted by atomic mass is 9.92. The maximum atomic E-state index is 10.2. The van der Waals surface area contributed by atoms with E-state index >= 15 is 0 Å². The van der Waals surface area contributed by atoms with Gasteiger partial charge in [0.2, 0.25) is 0 Å². The third-order valence-electron chi connectivity index (χ3n) is 4.83. The standard InChI is InChI=1S/C20H20N4O2/c1-11-3-4-16(25)12(2)17(11)14-9-15(13-5-7-26-8-6-13)24-19-18(14)22-10-23-20(19)21/h3-5,9-10,25H,6-8H2,1-2H3,(H2,21,22,23). The van der Waals surface area contributed by atoms with E-state index in [0.29, 0.717) is 30.1 Å². The van der Waals surface area contributed by atoms with Gasteiger partial charge < -0.3 is 15.6 Å². The van der Waals surface area contributed by atoms with Gasteiger partial charge in [0.15, 0.2) is 5.82 Å². The Bertz CT molecular complexity index is 1040. The Balaban J connectivity index is 2.07. The van der Waals surface area contributed by atoms with Crippen LogP contribution in [-0.4, -0.2) is 33.3 Å². The second-order valence-electron chi connectivity index (χ2n) is 6.47. The van der Waals surface area contributed by atoms with Crippen molar-refractivity contribution in [2.45, 2.75) is 20.3 Å². The fourth-order valence-electron chi connectivity index (χ4n) is 3.42. The van der Waals surface area contributed by atoms with Gasteiger partial charge in [0.25, 0.3) is 0 Å². The number of fused-ring (bicyclic) bond motifs is 1. The molecule has 0 unspecified atom stereocenters.